The van der Waals surface area contributed by atoms with Gasteiger partial charge in [-0.25, -0.2) is 0 Å². The van der Waals surface area contributed by atoms with Gasteiger partial charge < -0.3 is 6.58 Å². The number of rotatable bonds is 2. The maximum Gasteiger partial charge on any atom is 3.00 e. The van der Waals surface area contributed by atoms with Gasteiger partial charge in [-0.2, -0.15) is 0 Å². The summed E-state index contributed by atoms with van der Waals surface area (Å²) in [5, 5.41) is 0. The molecule has 0 bridgehead atoms. The molecule has 0 amide bonds. The molecule has 129 valence electrons. The predicted octanol–water partition coefficient (Wildman–Crippen LogP) is 6.31. The van der Waals surface area contributed by atoms with E-state index < -0.39 is 8.07 Å². The first-order valence-electron chi connectivity index (χ1n) is 8.41. The summed E-state index contributed by atoms with van der Waals surface area (Å²) in [6.45, 7) is 30.5. The smallest absolute Gasteiger partial charge is 0.521 e. The van der Waals surface area contributed by atoms with Crippen molar-refractivity contribution < 1.29 is 21.1 Å². The van der Waals surface area contributed by atoms with Crippen LogP contribution in [0.25, 0.3) is 0 Å². The van der Waals surface area contributed by atoms with Crippen LogP contribution in [0.4, 0.5) is 0 Å². The molecule has 0 spiro atoms. The normalized spacial score (nSPS) is 25.9. The fourth-order valence-electron chi connectivity index (χ4n) is 4.44. The third-order valence-corrected chi connectivity index (χ3v) is 10.1. The van der Waals surface area contributed by atoms with E-state index in [0.29, 0.717) is 0 Å². The summed E-state index contributed by atoms with van der Waals surface area (Å²) in [4.78, 5) is 0. The summed E-state index contributed by atoms with van der Waals surface area (Å²) in [5.74, 6) is 12.1. The molecule has 0 N–H and O–H groups in total. The second-order valence-corrected chi connectivity index (χ2v) is 11.6. The van der Waals surface area contributed by atoms with E-state index in [1.165, 1.54) is 47.3 Å². The summed E-state index contributed by atoms with van der Waals surface area (Å²) in [6.07, 6.45) is 0. The summed E-state index contributed by atoms with van der Waals surface area (Å²) < 4.78 is 0. The van der Waals surface area contributed by atoms with Gasteiger partial charge in [-0.3, -0.25) is 6.58 Å². The Kier molecular flexibility index (Phi) is 9.27. The first-order chi connectivity index (χ1) is 10.5. The molecule has 0 unspecified atom stereocenters. The van der Waals surface area contributed by atoms with Gasteiger partial charge in [-0.15, -0.1) is 0 Å². The van der Waals surface area contributed by atoms with Crippen molar-refractivity contribution in [2.75, 3.05) is 0 Å². The van der Waals surface area contributed by atoms with Crippen molar-refractivity contribution in [3.05, 3.63) is 71.6 Å². The molecular weight excluding hydrogens is 388 g/mol. The van der Waals surface area contributed by atoms with Gasteiger partial charge in [0.25, 0.3) is 0 Å². The van der Waals surface area contributed by atoms with E-state index >= 15 is 0 Å². The third kappa shape index (κ3) is 3.83. The topological polar surface area (TPSA) is 0 Å². The van der Waals surface area contributed by atoms with Crippen LogP contribution in [0.1, 0.15) is 55.4 Å². The second-order valence-electron chi connectivity index (χ2n) is 7.38. The van der Waals surface area contributed by atoms with Gasteiger partial charge in [0.1, 0.15) is 0 Å². The Labute approximate surface area is 168 Å². The molecule has 2 aliphatic carbocycles. The van der Waals surface area contributed by atoms with Crippen molar-refractivity contribution in [3.8, 4) is 0 Å². The van der Waals surface area contributed by atoms with Crippen LogP contribution in [-0.4, -0.2) is 8.07 Å². The fraction of sp³-hybridized carbons (Fsp3) is 0.455. The summed E-state index contributed by atoms with van der Waals surface area (Å²) >= 11 is 0. The first-order valence-corrected chi connectivity index (χ1v) is 11.4. The molecule has 0 atom stereocenters. The predicted molar refractivity (Wildman–Crippen MR) is 105 cm³/mol. The van der Waals surface area contributed by atoms with Crippen LogP contribution in [0.5, 0.6) is 0 Å². The Morgan fingerprint density at radius 2 is 0.667 bits per heavy atom. The minimum absolute atomic E-state index is 0. The fourth-order valence-corrected chi connectivity index (χ4v) is 9.19. The molecule has 2 fully saturated rings. The van der Waals surface area contributed by atoms with E-state index in [0.717, 1.165) is 0 Å². The van der Waals surface area contributed by atoms with Crippen LogP contribution in [-0.2, 0) is 21.1 Å². The third-order valence-electron chi connectivity index (χ3n) is 6.12. The van der Waals surface area contributed by atoms with E-state index in [4.69, 9.17) is 0 Å². The second kappa shape index (κ2) is 9.03. The Hall–Kier alpha value is 0.645. The van der Waals surface area contributed by atoms with Gasteiger partial charge in [0, 0.05) is 0 Å². The molecule has 0 aromatic carbocycles. The minimum Gasteiger partial charge on any atom is -0.521 e. The quantitative estimate of drug-likeness (QED) is 0.362. The van der Waals surface area contributed by atoms with Gasteiger partial charge in [0.15, 0.2) is 0 Å². The van der Waals surface area contributed by atoms with E-state index in [9.17, 15) is 0 Å². The Morgan fingerprint density at radius 3 is 0.833 bits per heavy atom. The van der Waals surface area contributed by atoms with Crippen LogP contribution in [0.15, 0.2) is 6.58 Å². The molecule has 0 aromatic heterocycles. The maximum absolute atomic E-state index is 4.25. The first kappa shape index (κ1) is 24.6. The number of hydrogen-bond acceptors (Lipinski definition) is 0. The zero-order valence-corrected chi connectivity index (χ0v) is 20.2. The molecular formula is C22H33MoSi+2. The molecule has 2 saturated carbocycles. The molecule has 2 aliphatic rings. The van der Waals surface area contributed by atoms with Crippen LogP contribution < -0.4 is 0 Å². The van der Waals surface area contributed by atoms with Gasteiger partial charge in [0.2, 0.25) is 0 Å². The van der Waals surface area contributed by atoms with E-state index in [-0.39, 0.29) is 21.1 Å². The molecule has 24 heavy (non-hydrogen) atoms. The molecule has 0 nitrogen and oxygen atoms in total. The molecule has 2 heteroatoms. The van der Waals surface area contributed by atoms with Gasteiger partial charge >= 0.3 is 21.1 Å². The summed E-state index contributed by atoms with van der Waals surface area (Å²) in [5.41, 5.74) is 3.35. The monoisotopic (exact) mass is 423 g/mol. The van der Waals surface area contributed by atoms with Crippen LogP contribution >= 0.6 is 0 Å². The zero-order valence-electron chi connectivity index (χ0n) is 17.2. The van der Waals surface area contributed by atoms with Gasteiger partial charge in [-0.1, -0.05) is 68.5 Å². The molecule has 0 aliphatic heterocycles. The maximum atomic E-state index is 4.25. The number of hydrogen-bond donors (Lipinski definition) is 0. The standard InChI is InChI=1S/C20H30Si.C2H3.Mo/c1-11-12(2)16(6)19(15(11)5)21(9,10)20-17(7)13(3)14(4)18(20)8;1-2;/h1-10H3;1H,2H2;/q;-1;+3. The average molecular weight is 422 g/mol. The van der Waals surface area contributed by atoms with Crippen LogP contribution in [0.2, 0.25) is 13.1 Å². The van der Waals surface area contributed by atoms with Crippen molar-refractivity contribution in [3.63, 3.8) is 0 Å². The average Bonchev–Trinajstić information content (AvgIpc) is 2.82. The van der Waals surface area contributed by atoms with Gasteiger partial charge in [0.05, 0.1) is 8.07 Å². The molecule has 2 rings (SSSR count). The Morgan fingerprint density at radius 1 is 0.500 bits per heavy atom. The summed E-state index contributed by atoms with van der Waals surface area (Å²) in [6, 6.07) is 0. The van der Waals surface area contributed by atoms with Crippen molar-refractivity contribution in [2.45, 2.75) is 68.5 Å². The van der Waals surface area contributed by atoms with Crippen molar-refractivity contribution in [1.29, 1.82) is 0 Å². The van der Waals surface area contributed by atoms with E-state index in [1.54, 1.807) is 11.1 Å². The van der Waals surface area contributed by atoms with E-state index in [2.05, 4.69) is 81.6 Å². The minimum atomic E-state index is -1.65. The van der Waals surface area contributed by atoms with Crippen molar-refractivity contribution in [1.82, 2.24) is 0 Å². The largest absolute Gasteiger partial charge is 3.00 e. The zero-order chi connectivity index (χ0) is 18.3. The molecule has 11 radical (unpaired) electrons. The molecule has 0 heterocycles. The van der Waals surface area contributed by atoms with Crippen molar-refractivity contribution >= 4 is 8.07 Å². The van der Waals surface area contributed by atoms with Crippen LogP contribution in [0, 0.1) is 65.0 Å². The SMILES string of the molecule is C[C]1[C](C)[C](C)[C]([Si](C)(C)[C]2[C](C)[C](C)[C](C)[C]2C)[C]1C.[CH-]=C.[Mo+3]. The molecule has 0 aromatic rings. The Bertz CT molecular complexity index is 331. The Balaban J connectivity index is 0.00000170. The van der Waals surface area contributed by atoms with Crippen LogP contribution in [0.3, 0.4) is 0 Å². The van der Waals surface area contributed by atoms with Crippen molar-refractivity contribution in [2.24, 2.45) is 0 Å². The summed E-state index contributed by atoms with van der Waals surface area (Å²) in [7, 11) is -1.65. The van der Waals surface area contributed by atoms with E-state index in [1.807, 2.05) is 0 Å². The van der Waals surface area contributed by atoms with Gasteiger partial charge in [-0.05, 0) is 58.4 Å². The molecule has 0 saturated heterocycles.